The van der Waals surface area contributed by atoms with E-state index in [9.17, 15) is 4.79 Å². The third-order valence-electron chi connectivity index (χ3n) is 7.28. The first-order valence-corrected chi connectivity index (χ1v) is 12.9. The van der Waals surface area contributed by atoms with Gasteiger partial charge in [-0.2, -0.15) is 5.10 Å². The standard InChI is InChI=1S/C28H31FN10O/c1-34(2)8-7-31-22-9-18(10-24-26(22)38(6)28(40)37(24)5)39-23-12-20(29)19(17-13-32-36(4)15-17)11-21(23)33-27(39)25-14-30-16-35(25)3/h9-16,31H,7-8H2,1-6H3. The van der Waals surface area contributed by atoms with E-state index < -0.39 is 0 Å². The Morgan fingerprint density at radius 2 is 1.80 bits per heavy atom. The molecular formula is C28H31FN10O. The van der Waals surface area contributed by atoms with Gasteiger partial charge in [0.1, 0.15) is 11.5 Å². The number of rotatable bonds is 7. The molecule has 0 aliphatic rings. The quantitative estimate of drug-likeness (QED) is 0.333. The Hall–Kier alpha value is -4.71. The van der Waals surface area contributed by atoms with Crippen molar-refractivity contribution in [3.63, 3.8) is 0 Å². The van der Waals surface area contributed by atoms with Crippen molar-refractivity contribution in [3.05, 3.63) is 65.5 Å². The maximum Gasteiger partial charge on any atom is 0.328 e. The van der Waals surface area contributed by atoms with Gasteiger partial charge in [0.15, 0.2) is 5.82 Å². The van der Waals surface area contributed by atoms with Crippen LogP contribution in [0.25, 0.3) is 50.4 Å². The molecule has 6 rings (SSSR count). The van der Waals surface area contributed by atoms with Crippen LogP contribution in [0.5, 0.6) is 0 Å². The van der Waals surface area contributed by atoms with Crippen LogP contribution >= 0.6 is 0 Å². The number of nitrogens with zero attached hydrogens (tertiary/aromatic N) is 9. The molecular weight excluding hydrogens is 511 g/mol. The molecule has 0 bridgehead atoms. The molecule has 0 spiro atoms. The molecule has 0 saturated heterocycles. The van der Waals surface area contributed by atoms with Gasteiger partial charge in [-0.05, 0) is 32.3 Å². The highest BCUT2D eigenvalue weighted by Gasteiger charge is 2.22. The van der Waals surface area contributed by atoms with Crippen LogP contribution in [-0.2, 0) is 28.2 Å². The number of halogens is 1. The van der Waals surface area contributed by atoms with Crippen LogP contribution in [0.2, 0.25) is 0 Å². The van der Waals surface area contributed by atoms with Gasteiger partial charge in [0, 0.05) is 64.7 Å². The first-order chi connectivity index (χ1) is 19.1. The summed E-state index contributed by atoms with van der Waals surface area (Å²) < 4.78 is 24.4. The lowest BCUT2D eigenvalue weighted by Gasteiger charge is -2.16. The predicted octanol–water partition coefficient (Wildman–Crippen LogP) is 3.13. The minimum Gasteiger partial charge on any atom is -0.382 e. The number of aryl methyl sites for hydroxylation is 4. The SMILES string of the molecule is CN(C)CCNc1cc(-n2c(-c3cncn3C)nc3cc(-c4cnn(C)c4)c(F)cc32)cc2c1n(C)c(=O)n2C. The summed E-state index contributed by atoms with van der Waals surface area (Å²) in [5.74, 6) is 0.230. The summed E-state index contributed by atoms with van der Waals surface area (Å²) in [4.78, 5) is 24.3. The minimum atomic E-state index is -0.379. The van der Waals surface area contributed by atoms with Gasteiger partial charge in [-0.25, -0.2) is 19.2 Å². The van der Waals surface area contributed by atoms with Crippen LogP contribution < -0.4 is 11.0 Å². The summed E-state index contributed by atoms with van der Waals surface area (Å²) in [6.45, 7) is 1.49. The number of hydrogen-bond donors (Lipinski definition) is 1. The molecule has 11 nitrogen and oxygen atoms in total. The second kappa shape index (κ2) is 9.49. The maximum absolute atomic E-state index is 15.7. The van der Waals surface area contributed by atoms with E-state index in [2.05, 4.69) is 20.3 Å². The van der Waals surface area contributed by atoms with Crippen molar-refractivity contribution in [2.75, 3.05) is 32.5 Å². The van der Waals surface area contributed by atoms with Gasteiger partial charge in [-0.15, -0.1) is 0 Å². The largest absolute Gasteiger partial charge is 0.382 e. The number of aromatic nitrogens is 8. The second-order valence-corrected chi connectivity index (χ2v) is 10.4. The Morgan fingerprint density at radius 3 is 2.48 bits per heavy atom. The first-order valence-electron chi connectivity index (χ1n) is 12.9. The zero-order valence-electron chi connectivity index (χ0n) is 23.3. The Labute approximate surface area is 229 Å². The van der Waals surface area contributed by atoms with E-state index in [1.165, 1.54) is 6.07 Å². The summed E-state index contributed by atoms with van der Waals surface area (Å²) in [6.07, 6.45) is 6.86. The average molecular weight is 543 g/mol. The number of imidazole rings is 3. The zero-order chi connectivity index (χ0) is 28.3. The molecule has 0 saturated carbocycles. The first kappa shape index (κ1) is 25.6. The fourth-order valence-electron chi connectivity index (χ4n) is 5.20. The van der Waals surface area contributed by atoms with Gasteiger partial charge in [0.05, 0.1) is 52.2 Å². The van der Waals surface area contributed by atoms with Gasteiger partial charge >= 0.3 is 5.69 Å². The molecule has 1 N–H and O–H groups in total. The minimum absolute atomic E-state index is 0.127. The van der Waals surface area contributed by atoms with Crippen LogP contribution in [0.4, 0.5) is 10.1 Å². The van der Waals surface area contributed by atoms with Crippen molar-refractivity contribution in [1.82, 2.24) is 42.9 Å². The third-order valence-corrected chi connectivity index (χ3v) is 7.28. The zero-order valence-corrected chi connectivity index (χ0v) is 23.3. The molecule has 40 heavy (non-hydrogen) atoms. The third kappa shape index (κ3) is 4.08. The fraction of sp³-hybridized carbons (Fsp3) is 0.286. The Morgan fingerprint density at radius 1 is 1.00 bits per heavy atom. The molecule has 0 radical (unpaired) electrons. The normalized spacial score (nSPS) is 11.9. The summed E-state index contributed by atoms with van der Waals surface area (Å²) in [5.41, 5.74) is 6.06. The van der Waals surface area contributed by atoms with Crippen LogP contribution in [0.15, 0.2) is 54.0 Å². The highest BCUT2D eigenvalue weighted by atomic mass is 19.1. The topological polar surface area (TPSA) is 95.7 Å². The Kier molecular flexibility index (Phi) is 6.06. The van der Waals surface area contributed by atoms with E-state index in [4.69, 9.17) is 4.98 Å². The average Bonchev–Trinajstić information content (AvgIpc) is 3.67. The molecule has 0 amide bonds. The lowest BCUT2D eigenvalue weighted by atomic mass is 10.1. The Bertz CT molecular complexity index is 1950. The molecule has 0 unspecified atom stereocenters. The van der Waals surface area contributed by atoms with Crippen molar-refractivity contribution in [2.24, 2.45) is 28.2 Å². The van der Waals surface area contributed by atoms with Crippen LogP contribution in [0.1, 0.15) is 0 Å². The van der Waals surface area contributed by atoms with Crippen molar-refractivity contribution in [1.29, 1.82) is 0 Å². The molecule has 206 valence electrons. The van der Waals surface area contributed by atoms with E-state index in [-0.39, 0.29) is 11.5 Å². The fourth-order valence-corrected chi connectivity index (χ4v) is 5.20. The maximum atomic E-state index is 15.7. The van der Waals surface area contributed by atoms with Crippen LogP contribution in [-0.4, -0.2) is 70.1 Å². The predicted molar refractivity (Wildman–Crippen MR) is 154 cm³/mol. The Balaban J connectivity index is 1.64. The monoisotopic (exact) mass is 542 g/mol. The summed E-state index contributed by atoms with van der Waals surface area (Å²) >= 11 is 0. The highest BCUT2D eigenvalue weighted by molar-refractivity contribution is 5.93. The second-order valence-electron chi connectivity index (χ2n) is 10.4. The lowest BCUT2D eigenvalue weighted by Crippen LogP contribution is -2.21. The van der Waals surface area contributed by atoms with Crippen molar-refractivity contribution in [3.8, 4) is 28.3 Å². The molecule has 2 aromatic carbocycles. The number of likely N-dealkylation sites (N-methyl/N-ethyl adjacent to an activating group) is 1. The van der Waals surface area contributed by atoms with E-state index in [0.29, 0.717) is 34.5 Å². The molecule has 12 heteroatoms. The van der Waals surface area contributed by atoms with Gasteiger partial charge in [0.2, 0.25) is 0 Å². The molecule has 0 aliphatic carbocycles. The molecule has 0 atom stereocenters. The molecule has 4 aromatic heterocycles. The highest BCUT2D eigenvalue weighted by Crippen LogP contribution is 2.35. The summed E-state index contributed by atoms with van der Waals surface area (Å²) in [6, 6.07) is 7.20. The van der Waals surface area contributed by atoms with Crippen molar-refractivity contribution < 1.29 is 4.39 Å². The van der Waals surface area contributed by atoms with Crippen LogP contribution in [0.3, 0.4) is 0 Å². The lowest BCUT2D eigenvalue weighted by molar-refractivity contribution is 0.425. The van der Waals surface area contributed by atoms with Gasteiger partial charge in [-0.1, -0.05) is 0 Å². The van der Waals surface area contributed by atoms with E-state index in [1.54, 1.807) is 65.9 Å². The number of nitrogens with one attached hydrogen (secondary N) is 1. The molecule has 6 aromatic rings. The number of benzene rings is 2. The van der Waals surface area contributed by atoms with Crippen molar-refractivity contribution >= 4 is 27.8 Å². The van der Waals surface area contributed by atoms with E-state index in [0.717, 1.165) is 34.6 Å². The van der Waals surface area contributed by atoms with Gasteiger partial charge in [0.25, 0.3) is 0 Å². The van der Waals surface area contributed by atoms with Crippen LogP contribution in [0, 0.1) is 5.82 Å². The summed E-state index contributed by atoms with van der Waals surface area (Å²) in [7, 11) is 11.2. The number of fused-ring (bicyclic) bond motifs is 2. The van der Waals surface area contributed by atoms with E-state index >= 15 is 4.39 Å². The molecule has 0 aliphatic heterocycles. The van der Waals surface area contributed by atoms with E-state index in [1.807, 2.05) is 42.4 Å². The summed E-state index contributed by atoms with van der Waals surface area (Å²) in [5, 5.41) is 7.71. The number of anilines is 1. The van der Waals surface area contributed by atoms with Crippen molar-refractivity contribution in [2.45, 2.75) is 0 Å². The number of hydrogen-bond acceptors (Lipinski definition) is 6. The molecule has 0 fully saturated rings. The van der Waals surface area contributed by atoms with Gasteiger partial charge < -0.3 is 14.8 Å². The van der Waals surface area contributed by atoms with Gasteiger partial charge in [-0.3, -0.25) is 18.4 Å². The molecule has 4 heterocycles. The smallest absolute Gasteiger partial charge is 0.328 e.